The molecule has 1 atom stereocenters. The van der Waals surface area contributed by atoms with Gasteiger partial charge in [-0.1, -0.05) is 30.7 Å². The van der Waals surface area contributed by atoms with Gasteiger partial charge in [-0.3, -0.25) is 5.32 Å². The lowest BCUT2D eigenvalue weighted by atomic mass is 9.90. The number of anilines is 1. The summed E-state index contributed by atoms with van der Waals surface area (Å²) in [5, 5.41) is 11.0. The Kier molecular flexibility index (Phi) is 5.53. The van der Waals surface area contributed by atoms with Crippen molar-refractivity contribution in [3.05, 3.63) is 46.6 Å². The van der Waals surface area contributed by atoms with Crippen LogP contribution in [0.5, 0.6) is 0 Å². The van der Waals surface area contributed by atoms with E-state index in [-0.39, 0.29) is 11.4 Å². The molecule has 2 N–H and O–H groups in total. The summed E-state index contributed by atoms with van der Waals surface area (Å²) in [6, 6.07) is 7.45. The number of hydrogen-bond donors (Lipinski definition) is 2. The Labute approximate surface area is 159 Å². The van der Waals surface area contributed by atoms with Crippen molar-refractivity contribution in [3.8, 4) is 0 Å². The van der Waals surface area contributed by atoms with Gasteiger partial charge < -0.3 is 10.2 Å². The molecular formula is C19H26ClN5O. The number of carbonyl (C=O) groups excluding carboxylic acids is 1. The van der Waals surface area contributed by atoms with Gasteiger partial charge in [-0.15, -0.1) is 0 Å². The fourth-order valence-corrected chi connectivity index (χ4v) is 3.64. The highest BCUT2D eigenvalue weighted by Gasteiger charge is 2.32. The third-order valence-electron chi connectivity index (χ3n) is 4.90. The Morgan fingerprint density at radius 1 is 1.42 bits per heavy atom. The second kappa shape index (κ2) is 7.68. The van der Waals surface area contributed by atoms with Crippen LogP contribution >= 0.6 is 11.6 Å². The van der Waals surface area contributed by atoms with Gasteiger partial charge in [0.05, 0.1) is 12.7 Å². The largest absolute Gasteiger partial charge is 0.337 e. The van der Waals surface area contributed by atoms with Crippen molar-refractivity contribution in [1.29, 1.82) is 0 Å². The van der Waals surface area contributed by atoms with Crippen LogP contribution in [-0.2, 0) is 6.54 Å². The van der Waals surface area contributed by atoms with Gasteiger partial charge in [0.1, 0.15) is 5.82 Å². The molecule has 3 rings (SSSR count). The summed E-state index contributed by atoms with van der Waals surface area (Å²) < 4.78 is 1.78. The molecule has 2 heterocycles. The zero-order valence-corrected chi connectivity index (χ0v) is 16.3. The second-order valence-corrected chi connectivity index (χ2v) is 8.01. The molecule has 1 fully saturated rings. The summed E-state index contributed by atoms with van der Waals surface area (Å²) in [6.45, 7) is 7.43. The lowest BCUT2D eigenvalue weighted by Crippen LogP contribution is -2.39. The molecule has 0 aliphatic carbocycles. The van der Waals surface area contributed by atoms with E-state index in [1.165, 1.54) is 0 Å². The molecule has 7 heteroatoms. The van der Waals surface area contributed by atoms with Crippen LogP contribution in [0, 0.1) is 12.3 Å². The molecule has 6 nitrogen and oxygen atoms in total. The normalized spacial score (nSPS) is 20.3. The van der Waals surface area contributed by atoms with Gasteiger partial charge in [-0.25, -0.2) is 9.48 Å². The molecule has 1 aliphatic rings. The Morgan fingerprint density at radius 3 is 2.92 bits per heavy atom. The Bertz CT molecular complexity index is 790. The molecule has 2 amide bonds. The van der Waals surface area contributed by atoms with Crippen molar-refractivity contribution in [2.24, 2.45) is 5.41 Å². The Morgan fingerprint density at radius 2 is 2.23 bits per heavy atom. The van der Waals surface area contributed by atoms with Gasteiger partial charge in [-0.05, 0) is 50.0 Å². The first-order valence-electron chi connectivity index (χ1n) is 8.85. The number of rotatable bonds is 5. The van der Waals surface area contributed by atoms with Crippen molar-refractivity contribution in [2.75, 3.05) is 32.0 Å². The minimum atomic E-state index is -0.197. The van der Waals surface area contributed by atoms with Crippen LogP contribution in [0.1, 0.15) is 24.5 Å². The van der Waals surface area contributed by atoms with Gasteiger partial charge in [0, 0.05) is 23.7 Å². The maximum absolute atomic E-state index is 12.4. The number of urea groups is 1. The van der Waals surface area contributed by atoms with Crippen LogP contribution in [0.3, 0.4) is 0 Å². The van der Waals surface area contributed by atoms with Crippen LogP contribution in [0.2, 0.25) is 5.02 Å². The van der Waals surface area contributed by atoms with Gasteiger partial charge in [-0.2, -0.15) is 5.10 Å². The van der Waals surface area contributed by atoms with Crippen molar-refractivity contribution < 1.29 is 4.79 Å². The average Bonchev–Trinajstić information content (AvgIpc) is 3.10. The van der Waals surface area contributed by atoms with Crippen LogP contribution in [0.25, 0.3) is 0 Å². The number of nitrogens with one attached hydrogen (secondary N) is 2. The summed E-state index contributed by atoms with van der Waals surface area (Å²) in [7, 11) is 2.11. The predicted octanol–water partition coefficient (Wildman–Crippen LogP) is 3.36. The highest BCUT2D eigenvalue weighted by Crippen LogP contribution is 2.28. The van der Waals surface area contributed by atoms with E-state index in [4.69, 9.17) is 11.6 Å². The minimum absolute atomic E-state index is 0.127. The predicted molar refractivity (Wildman–Crippen MR) is 105 cm³/mol. The summed E-state index contributed by atoms with van der Waals surface area (Å²) in [6.07, 6.45) is 2.85. The number of aromatic nitrogens is 2. The maximum atomic E-state index is 12.4. The molecule has 1 aliphatic heterocycles. The van der Waals surface area contributed by atoms with E-state index in [0.29, 0.717) is 23.9 Å². The SMILES string of the molecule is Cc1cnn(Cc2cccc(Cl)c2)c1NC(=O)NC[C@]1(C)CCN(C)C1. The highest BCUT2D eigenvalue weighted by atomic mass is 35.5. The van der Waals surface area contributed by atoms with Crippen molar-refractivity contribution in [1.82, 2.24) is 20.0 Å². The van der Waals surface area contributed by atoms with E-state index < -0.39 is 0 Å². The topological polar surface area (TPSA) is 62.2 Å². The summed E-state index contributed by atoms with van der Waals surface area (Å²) in [4.78, 5) is 14.7. The molecule has 26 heavy (non-hydrogen) atoms. The number of aryl methyl sites for hydroxylation is 1. The van der Waals surface area contributed by atoms with Gasteiger partial charge in [0.2, 0.25) is 0 Å². The van der Waals surface area contributed by atoms with Crippen molar-refractivity contribution >= 4 is 23.4 Å². The van der Waals surface area contributed by atoms with Crippen LogP contribution in [0.15, 0.2) is 30.5 Å². The molecule has 0 unspecified atom stereocenters. The molecule has 0 radical (unpaired) electrons. The van der Waals surface area contributed by atoms with E-state index >= 15 is 0 Å². The van der Waals surface area contributed by atoms with Crippen molar-refractivity contribution in [3.63, 3.8) is 0 Å². The van der Waals surface area contributed by atoms with Crippen molar-refractivity contribution in [2.45, 2.75) is 26.8 Å². The lowest BCUT2D eigenvalue weighted by Gasteiger charge is -2.24. The zero-order valence-electron chi connectivity index (χ0n) is 15.6. The second-order valence-electron chi connectivity index (χ2n) is 7.57. The van der Waals surface area contributed by atoms with Crippen LogP contribution in [0.4, 0.5) is 10.6 Å². The molecule has 2 aromatic rings. The molecular weight excluding hydrogens is 350 g/mol. The van der Waals surface area contributed by atoms with Crippen LogP contribution < -0.4 is 10.6 Å². The fraction of sp³-hybridized carbons (Fsp3) is 0.474. The fourth-order valence-electron chi connectivity index (χ4n) is 3.43. The minimum Gasteiger partial charge on any atom is -0.337 e. The smallest absolute Gasteiger partial charge is 0.320 e. The van der Waals surface area contributed by atoms with E-state index in [9.17, 15) is 4.79 Å². The molecule has 0 spiro atoms. The number of nitrogens with zero attached hydrogens (tertiary/aromatic N) is 3. The molecule has 0 bridgehead atoms. The maximum Gasteiger partial charge on any atom is 0.320 e. The van der Waals surface area contributed by atoms with Crippen LogP contribution in [-0.4, -0.2) is 47.4 Å². The third-order valence-corrected chi connectivity index (χ3v) is 5.14. The quantitative estimate of drug-likeness (QED) is 0.842. The first kappa shape index (κ1) is 18.7. The standard InChI is InChI=1S/C19H26ClN5O/c1-14-10-22-25(11-15-5-4-6-16(20)9-15)17(14)23-18(26)21-12-19(2)7-8-24(3)13-19/h4-6,9-10H,7-8,11-13H2,1-3H3,(H2,21,23,26)/t19-/m0/s1. The molecule has 140 valence electrons. The number of amides is 2. The Balaban J connectivity index is 1.62. The van der Waals surface area contributed by atoms with E-state index in [1.807, 2.05) is 31.2 Å². The number of halogens is 1. The third kappa shape index (κ3) is 4.56. The van der Waals surface area contributed by atoms with Gasteiger partial charge in [0.15, 0.2) is 0 Å². The monoisotopic (exact) mass is 375 g/mol. The molecule has 0 saturated carbocycles. The summed E-state index contributed by atoms with van der Waals surface area (Å²) >= 11 is 6.05. The highest BCUT2D eigenvalue weighted by molar-refractivity contribution is 6.30. The van der Waals surface area contributed by atoms with Gasteiger partial charge >= 0.3 is 6.03 Å². The van der Waals surface area contributed by atoms with E-state index in [1.54, 1.807) is 10.9 Å². The first-order chi connectivity index (χ1) is 12.3. The number of carbonyl (C=O) groups is 1. The number of hydrogen-bond acceptors (Lipinski definition) is 3. The number of likely N-dealkylation sites (tertiary alicyclic amines) is 1. The average molecular weight is 376 g/mol. The zero-order chi connectivity index (χ0) is 18.7. The Hall–Kier alpha value is -2.05. The lowest BCUT2D eigenvalue weighted by molar-refractivity contribution is 0.241. The van der Waals surface area contributed by atoms with Gasteiger partial charge in [0.25, 0.3) is 0 Å². The number of benzene rings is 1. The van der Waals surface area contributed by atoms with E-state index in [2.05, 4.69) is 34.6 Å². The van der Waals surface area contributed by atoms with E-state index in [0.717, 1.165) is 30.6 Å². The molecule has 1 aromatic carbocycles. The molecule has 1 saturated heterocycles. The first-order valence-corrected chi connectivity index (χ1v) is 9.23. The molecule has 1 aromatic heterocycles. The summed E-state index contributed by atoms with van der Waals surface area (Å²) in [5.74, 6) is 0.705. The summed E-state index contributed by atoms with van der Waals surface area (Å²) in [5.41, 5.74) is 2.09.